The molecule has 0 radical (unpaired) electrons. The number of carbonyl (C=O) groups excluding carboxylic acids is 1. The van der Waals surface area contributed by atoms with Crippen molar-refractivity contribution < 1.29 is 31.5 Å². The lowest BCUT2D eigenvalue weighted by molar-refractivity contribution is -0.165. The molecule has 1 amide bonds. The summed E-state index contributed by atoms with van der Waals surface area (Å²) in [6.45, 7) is 3.62. The van der Waals surface area contributed by atoms with Gasteiger partial charge in [-0.2, -0.15) is 13.2 Å². The maximum atomic E-state index is 13.6. The van der Waals surface area contributed by atoms with E-state index in [2.05, 4.69) is 0 Å². The molecule has 1 saturated heterocycles. The van der Waals surface area contributed by atoms with E-state index in [1.54, 1.807) is 43.0 Å². The molecule has 0 aromatic heterocycles. The highest BCUT2D eigenvalue weighted by atomic mass is 32.2. The molecule has 2 aliphatic rings. The summed E-state index contributed by atoms with van der Waals surface area (Å²) < 4.78 is 65.1. The minimum Gasteiger partial charge on any atom is -0.375 e. The van der Waals surface area contributed by atoms with Gasteiger partial charge in [-0.05, 0) is 69.2 Å². The highest BCUT2D eigenvalue weighted by Crippen LogP contribution is 2.45. The Hall–Kier alpha value is -2.39. The number of aliphatic hydroxyl groups is 1. The van der Waals surface area contributed by atoms with Crippen LogP contribution in [0.15, 0.2) is 59.5 Å². The van der Waals surface area contributed by atoms with E-state index >= 15 is 0 Å². The van der Waals surface area contributed by atoms with Gasteiger partial charge in [0, 0.05) is 19.0 Å². The molecule has 1 heterocycles. The number of rotatable bonds is 6. The van der Waals surface area contributed by atoms with Gasteiger partial charge in [0.25, 0.3) is 5.91 Å². The Balaban J connectivity index is 1.52. The van der Waals surface area contributed by atoms with Gasteiger partial charge in [-0.1, -0.05) is 42.8 Å². The largest absolute Gasteiger partial charge is 0.416 e. The number of amides is 1. The molecule has 4 rings (SSSR count). The number of alkyl halides is 3. The van der Waals surface area contributed by atoms with Crippen molar-refractivity contribution in [3.63, 3.8) is 0 Å². The van der Waals surface area contributed by atoms with Gasteiger partial charge in [0.05, 0.1) is 15.2 Å². The van der Waals surface area contributed by atoms with Gasteiger partial charge < -0.3 is 10.0 Å². The Morgan fingerprint density at radius 1 is 0.889 bits per heavy atom. The van der Waals surface area contributed by atoms with Crippen LogP contribution in [-0.4, -0.2) is 42.2 Å². The quantitative estimate of drug-likeness (QED) is 0.566. The van der Waals surface area contributed by atoms with Gasteiger partial charge in [-0.25, -0.2) is 8.42 Å². The molecule has 9 heteroatoms. The fraction of sp³-hybridized carbons (Fsp3) is 0.519. The van der Waals surface area contributed by atoms with Crippen LogP contribution < -0.4 is 0 Å². The van der Waals surface area contributed by atoms with Gasteiger partial charge in [-0.15, -0.1) is 0 Å². The third kappa shape index (κ3) is 4.56. The van der Waals surface area contributed by atoms with E-state index in [1.165, 1.54) is 6.07 Å². The molecule has 2 aromatic carbocycles. The van der Waals surface area contributed by atoms with Gasteiger partial charge in [0.15, 0.2) is 15.4 Å². The molecule has 0 spiro atoms. The zero-order chi connectivity index (χ0) is 26.4. The van der Waals surface area contributed by atoms with Gasteiger partial charge in [0.2, 0.25) is 0 Å². The van der Waals surface area contributed by atoms with E-state index in [0.29, 0.717) is 24.5 Å². The number of hydrogen-bond donors (Lipinski definition) is 1. The van der Waals surface area contributed by atoms with Crippen molar-refractivity contribution in [2.24, 2.45) is 11.8 Å². The summed E-state index contributed by atoms with van der Waals surface area (Å²) in [7, 11) is -4.09. The lowest BCUT2D eigenvalue weighted by atomic mass is 9.68. The van der Waals surface area contributed by atoms with E-state index in [4.69, 9.17) is 0 Å². The fourth-order valence-corrected chi connectivity index (χ4v) is 7.26. The topological polar surface area (TPSA) is 74.7 Å². The zero-order valence-electron chi connectivity index (χ0n) is 20.5. The number of sulfone groups is 1. The van der Waals surface area contributed by atoms with Crippen LogP contribution >= 0.6 is 0 Å². The fourth-order valence-electron chi connectivity index (χ4n) is 5.43. The minimum absolute atomic E-state index is 0.164. The van der Waals surface area contributed by atoms with Crippen molar-refractivity contribution in [1.29, 1.82) is 0 Å². The first-order valence-corrected chi connectivity index (χ1v) is 13.8. The summed E-state index contributed by atoms with van der Waals surface area (Å²) in [6, 6.07) is 12.8. The van der Waals surface area contributed by atoms with Crippen LogP contribution in [0.4, 0.5) is 13.2 Å². The zero-order valence-corrected chi connectivity index (χ0v) is 21.3. The first-order chi connectivity index (χ1) is 16.8. The SMILES string of the molecule is CC(C)(C1CCN(C(=O)C(O)(c2ccccc2)C2CCC2)CC1)S(=O)(=O)c1cccc(C(F)(F)F)c1. The van der Waals surface area contributed by atoms with E-state index in [9.17, 15) is 31.5 Å². The predicted octanol–water partition coefficient (Wildman–Crippen LogP) is 5.18. The summed E-state index contributed by atoms with van der Waals surface area (Å²) >= 11 is 0. The summed E-state index contributed by atoms with van der Waals surface area (Å²) in [5.41, 5.74) is -2.06. The van der Waals surface area contributed by atoms with E-state index in [0.717, 1.165) is 31.4 Å². The van der Waals surface area contributed by atoms with Crippen LogP contribution in [0.1, 0.15) is 57.1 Å². The van der Waals surface area contributed by atoms with Crippen molar-refractivity contribution in [3.05, 3.63) is 65.7 Å². The molecule has 1 unspecified atom stereocenters. The first-order valence-electron chi connectivity index (χ1n) is 12.3. The normalized spacial score (nSPS) is 20.0. The Morgan fingerprint density at radius 3 is 2.00 bits per heavy atom. The van der Waals surface area contributed by atoms with Crippen LogP contribution in [0.2, 0.25) is 0 Å². The second-order valence-electron chi connectivity index (χ2n) is 10.5. The minimum atomic E-state index is -4.64. The molecule has 0 bridgehead atoms. The second-order valence-corrected chi connectivity index (χ2v) is 13.0. The van der Waals surface area contributed by atoms with Crippen molar-refractivity contribution >= 4 is 15.7 Å². The maximum Gasteiger partial charge on any atom is 0.416 e. The average Bonchev–Trinajstić information content (AvgIpc) is 2.82. The molecule has 2 aromatic rings. The van der Waals surface area contributed by atoms with E-state index < -0.39 is 31.9 Å². The molecule has 1 N–H and O–H groups in total. The lowest BCUT2D eigenvalue weighted by Crippen LogP contribution is -2.56. The number of likely N-dealkylation sites (tertiary alicyclic amines) is 1. The van der Waals surface area contributed by atoms with E-state index in [-0.39, 0.29) is 35.7 Å². The molecule has 1 saturated carbocycles. The summed E-state index contributed by atoms with van der Waals surface area (Å²) in [6.07, 6.45) is -1.43. The van der Waals surface area contributed by atoms with Gasteiger partial charge in [0.1, 0.15) is 0 Å². The van der Waals surface area contributed by atoms with Crippen LogP contribution in [0.3, 0.4) is 0 Å². The number of benzene rings is 2. The summed E-state index contributed by atoms with van der Waals surface area (Å²) in [4.78, 5) is 14.9. The third-order valence-electron chi connectivity index (χ3n) is 8.17. The Kier molecular flexibility index (Phi) is 7.03. The summed E-state index contributed by atoms with van der Waals surface area (Å²) in [5, 5.41) is 11.6. The Labute approximate surface area is 210 Å². The van der Waals surface area contributed by atoms with Crippen molar-refractivity contribution in [3.8, 4) is 0 Å². The summed E-state index contributed by atoms with van der Waals surface area (Å²) in [5.74, 6) is -0.896. The van der Waals surface area contributed by atoms with Crippen LogP contribution in [-0.2, 0) is 26.4 Å². The Bertz CT molecular complexity index is 1200. The molecular formula is C27H32F3NO4S. The third-order valence-corrected chi connectivity index (χ3v) is 10.8. The van der Waals surface area contributed by atoms with E-state index in [1.807, 2.05) is 6.07 Å². The molecule has 1 aliphatic carbocycles. The molecule has 196 valence electrons. The van der Waals surface area contributed by atoms with Crippen molar-refractivity contribution in [2.45, 2.75) is 67.4 Å². The first kappa shape index (κ1) is 26.7. The lowest BCUT2D eigenvalue weighted by Gasteiger charge is -2.46. The van der Waals surface area contributed by atoms with Gasteiger partial charge in [-0.3, -0.25) is 4.79 Å². The van der Waals surface area contributed by atoms with Crippen LogP contribution in [0.5, 0.6) is 0 Å². The van der Waals surface area contributed by atoms with Crippen LogP contribution in [0.25, 0.3) is 0 Å². The monoisotopic (exact) mass is 523 g/mol. The number of nitrogens with zero attached hydrogens (tertiary/aromatic N) is 1. The molecule has 36 heavy (non-hydrogen) atoms. The van der Waals surface area contributed by atoms with Crippen molar-refractivity contribution in [2.75, 3.05) is 13.1 Å². The number of piperidine rings is 1. The maximum absolute atomic E-state index is 13.6. The molecule has 1 atom stereocenters. The average molecular weight is 524 g/mol. The standard InChI is InChI=1S/C27H32F3NO4S/c1-25(2,36(34,35)23-13-7-12-22(18-23)27(28,29)30)19-14-16-31(17-15-19)24(32)26(33,21-10-6-11-21)20-8-4-3-5-9-20/h3-5,7-9,12-13,18-19,21,33H,6,10-11,14-17H2,1-2H3. The molecular weight excluding hydrogens is 491 g/mol. The number of hydrogen-bond acceptors (Lipinski definition) is 4. The number of carbonyl (C=O) groups is 1. The number of halogens is 3. The van der Waals surface area contributed by atoms with Crippen molar-refractivity contribution in [1.82, 2.24) is 4.90 Å². The second kappa shape index (κ2) is 9.49. The highest BCUT2D eigenvalue weighted by molar-refractivity contribution is 7.92. The molecule has 5 nitrogen and oxygen atoms in total. The molecule has 2 fully saturated rings. The molecule has 1 aliphatic heterocycles. The highest BCUT2D eigenvalue weighted by Gasteiger charge is 2.51. The van der Waals surface area contributed by atoms with Crippen LogP contribution in [0, 0.1) is 11.8 Å². The Morgan fingerprint density at radius 2 is 1.47 bits per heavy atom. The smallest absolute Gasteiger partial charge is 0.375 e. The van der Waals surface area contributed by atoms with Gasteiger partial charge >= 0.3 is 6.18 Å². The predicted molar refractivity (Wildman–Crippen MR) is 130 cm³/mol.